The molecular formula is C40H76F14N4O11. The minimum Gasteiger partial charge on any atom is -0.475 e. The van der Waals surface area contributed by atoms with Crippen molar-refractivity contribution < 1.29 is 116 Å². The summed E-state index contributed by atoms with van der Waals surface area (Å²) in [6.07, 6.45) is -13.6. The van der Waals surface area contributed by atoms with Crippen LogP contribution in [-0.4, -0.2) is 140 Å². The highest BCUT2D eigenvalue weighted by Gasteiger charge is 2.53. The third kappa shape index (κ3) is 28.7. The summed E-state index contributed by atoms with van der Waals surface area (Å²) in [5, 5.41) is 45.8. The van der Waals surface area contributed by atoms with E-state index in [0.717, 1.165) is 0 Å². The van der Waals surface area contributed by atoms with Crippen molar-refractivity contribution in [2.45, 2.75) is 233 Å². The van der Waals surface area contributed by atoms with E-state index in [1.165, 1.54) is 0 Å². The Balaban J connectivity index is -0.000000135. The number of nitrogens with two attached hydrogens (primary N) is 2. The molecule has 69 heavy (non-hydrogen) atoms. The number of nitrogens with one attached hydrogen (secondary N) is 2. The van der Waals surface area contributed by atoms with E-state index in [4.69, 9.17) is 46.2 Å². The minimum atomic E-state index is -5.08. The van der Waals surface area contributed by atoms with Gasteiger partial charge in [-0.05, 0) is 72.1 Å². The second-order valence-corrected chi connectivity index (χ2v) is 15.7. The molecule has 5 aliphatic rings. The number of hydrogen-bond donors (Lipinski definition) is 9. The first-order valence-electron chi connectivity index (χ1n) is 18.8. The topological polar surface area (TPSA) is 264 Å². The van der Waals surface area contributed by atoms with E-state index in [1.54, 1.807) is 20.8 Å². The van der Waals surface area contributed by atoms with Gasteiger partial charge >= 0.3 is 36.5 Å². The number of halogens is 14. The number of carbonyl (C=O) groups excluding carboxylic acids is 2. The normalized spacial score (nSPS) is 27.5. The molecule has 5 rings (SSSR count). The van der Waals surface area contributed by atoms with Gasteiger partial charge < -0.3 is 57.1 Å². The van der Waals surface area contributed by atoms with E-state index in [-0.39, 0.29) is 83.1 Å². The van der Waals surface area contributed by atoms with Crippen molar-refractivity contribution in [1.82, 2.24) is 10.6 Å². The average Bonchev–Trinajstić information content (AvgIpc) is 3.49. The maximum atomic E-state index is 13.5. The Bertz CT molecular complexity index is 1420. The maximum Gasteiger partial charge on any atom is 0.490 e. The lowest BCUT2D eigenvalue weighted by molar-refractivity contribution is -0.193. The second kappa shape index (κ2) is 31.6. The zero-order chi connectivity index (χ0) is 49.7. The number of fused-ring (bicyclic) bond motifs is 1. The number of amides is 2. The third-order valence-electron chi connectivity index (χ3n) is 9.19. The number of alkyl carbamates (subject to hydrolysis) is 2. The second-order valence-electron chi connectivity index (χ2n) is 15.7. The van der Waals surface area contributed by atoms with Gasteiger partial charge in [-0.3, -0.25) is 0 Å². The maximum absolute atomic E-state index is 13.5. The molecule has 5 fully saturated rings. The molecule has 0 aromatic heterocycles. The van der Waals surface area contributed by atoms with Gasteiger partial charge in [0, 0.05) is 25.7 Å². The van der Waals surface area contributed by atoms with Crippen LogP contribution in [0.3, 0.4) is 0 Å². The Morgan fingerprint density at radius 1 is 0.609 bits per heavy atom. The van der Waals surface area contributed by atoms with Gasteiger partial charge in [-0.25, -0.2) is 54.3 Å². The monoisotopic (exact) mass is 1050 g/mol. The number of aliphatic hydroxyl groups excluding tert-OH is 3. The third-order valence-corrected chi connectivity index (χ3v) is 9.19. The molecule has 29 heteroatoms. The number of aliphatic carboxylic acids is 2. The van der Waals surface area contributed by atoms with Gasteiger partial charge in [0.05, 0.1) is 30.4 Å². The van der Waals surface area contributed by atoms with Crippen molar-refractivity contribution in [2.24, 2.45) is 11.5 Å². The minimum absolute atomic E-state index is 0. The van der Waals surface area contributed by atoms with Crippen molar-refractivity contribution in [3.63, 3.8) is 0 Å². The van der Waals surface area contributed by atoms with Crippen LogP contribution >= 0.6 is 0 Å². The highest BCUT2D eigenvalue weighted by Crippen LogP contribution is 2.38. The number of hydrogen-bond acceptors (Lipinski definition) is 11. The van der Waals surface area contributed by atoms with Gasteiger partial charge in [-0.2, -0.15) is 26.3 Å². The van der Waals surface area contributed by atoms with E-state index < -0.39 is 114 Å². The molecule has 0 aromatic rings. The highest BCUT2D eigenvalue weighted by molar-refractivity contribution is 5.73. The van der Waals surface area contributed by atoms with Gasteiger partial charge in [0.1, 0.15) is 23.8 Å². The number of ether oxygens (including phenoxy) is 2. The summed E-state index contributed by atoms with van der Waals surface area (Å²) >= 11 is 0. The Kier molecular flexibility index (Phi) is 36.4. The van der Waals surface area contributed by atoms with E-state index >= 15 is 0 Å². The van der Waals surface area contributed by atoms with Crippen LogP contribution in [0.1, 0.15) is 142 Å². The van der Waals surface area contributed by atoms with Gasteiger partial charge in [0.15, 0.2) is 0 Å². The lowest BCUT2D eigenvalue weighted by Crippen LogP contribution is -2.57. The Morgan fingerprint density at radius 3 is 1.19 bits per heavy atom. The number of carboxylic acids is 2. The van der Waals surface area contributed by atoms with Crippen LogP contribution in [0.5, 0.6) is 0 Å². The molecule has 11 N–H and O–H groups in total. The van der Waals surface area contributed by atoms with Crippen LogP contribution in [0.15, 0.2) is 0 Å². The fourth-order valence-electron chi connectivity index (χ4n) is 5.89. The van der Waals surface area contributed by atoms with Gasteiger partial charge in [0.2, 0.25) is 0 Å². The molecule has 0 unspecified atom stereocenters. The molecular weight excluding hydrogens is 978 g/mol. The van der Waals surface area contributed by atoms with Crippen molar-refractivity contribution in [3.8, 4) is 0 Å². The van der Waals surface area contributed by atoms with Crippen LogP contribution in [0.25, 0.3) is 0 Å². The number of carbonyl (C=O) groups is 4. The predicted molar refractivity (Wildman–Crippen MR) is 227 cm³/mol. The summed E-state index contributed by atoms with van der Waals surface area (Å²) in [6, 6.07) is -5.38. The zero-order valence-corrected chi connectivity index (χ0v) is 33.7. The largest absolute Gasteiger partial charge is 0.490 e. The number of aliphatic hydroxyl groups is 3. The van der Waals surface area contributed by atoms with Crippen molar-refractivity contribution in [1.29, 1.82) is 0 Å². The number of rotatable bonds is 1. The van der Waals surface area contributed by atoms with Crippen LogP contribution < -0.4 is 22.1 Å². The molecule has 1 heterocycles. The molecule has 0 radical (unpaired) electrons. The Labute approximate surface area is 394 Å². The number of carboxylic acid groups (broad SMARTS) is 2. The van der Waals surface area contributed by atoms with Crippen molar-refractivity contribution >= 4 is 24.1 Å². The molecule has 1 aliphatic heterocycles. The summed E-state index contributed by atoms with van der Waals surface area (Å²) < 4.78 is 176. The van der Waals surface area contributed by atoms with Gasteiger partial charge in [0.25, 0.3) is 23.7 Å². The molecule has 420 valence electrons. The smallest absolute Gasteiger partial charge is 0.475 e. The van der Waals surface area contributed by atoms with Crippen LogP contribution in [0, 0.1) is 0 Å². The highest BCUT2D eigenvalue weighted by atomic mass is 19.4. The molecule has 0 bridgehead atoms. The average molecular weight is 1060 g/mol. The summed E-state index contributed by atoms with van der Waals surface area (Å²) in [7, 11) is 0. The summed E-state index contributed by atoms with van der Waals surface area (Å²) in [5.74, 6) is -17.1. The SMILES string of the molecule is C.C.C.C.C.C.CC(C)(C)OC(=O)N[C@@H]1[C@@H](O)CCCC1(F)F.N[C@@H]1[C@@H](O)CCCC1(F)F.N[C@@H]1[C@H](O)CCCC1(F)F.O=C(O)C(F)(F)F.O=C(O)C(F)(F)F.O=C1N[C@@H]2[C@@H](CCCC2(F)F)O1. The molecule has 2 amide bonds. The predicted octanol–water partition coefficient (Wildman–Crippen LogP) is 9.41. The molecule has 15 nitrogen and oxygen atoms in total. The fraction of sp³-hybridized carbons (Fsp3) is 0.900. The van der Waals surface area contributed by atoms with Crippen LogP contribution in [0.2, 0.25) is 0 Å². The van der Waals surface area contributed by atoms with E-state index in [0.29, 0.717) is 38.5 Å². The quantitative estimate of drug-likeness (QED) is 0.111. The molecule has 0 spiro atoms. The molecule has 4 saturated carbocycles. The molecule has 8 atom stereocenters. The standard InChI is InChI=1S/C11H19F2NO3.C7H9F2NO2.2C6H11F2NO.2C2HF3O2.6CH4/c1-10(2,3)17-9(16)14-8-7(15)5-4-6-11(8,12)13;8-7(9)3-1-2-4-5(7)10-6(11)12-4;2*7-6(8)3-1-2-4(10)5(6)9;2*3-2(4,5)1(6)7;;;;;;/h7-8,15H,4-6H2,1-3H3,(H,14,16);4-5H,1-3H2,(H,10,11);2*4-5,10H,1-3,9H2;2*(H,6,7);6*1H4/t7-,8+;4-,5-;4-,5+;4-,5-;;;;;;;;/m0101......../s1. The first-order chi connectivity index (χ1) is 28.2. The summed E-state index contributed by atoms with van der Waals surface area (Å²) in [6.45, 7) is 4.92. The van der Waals surface area contributed by atoms with Crippen LogP contribution in [-0.2, 0) is 19.1 Å². The fourth-order valence-corrected chi connectivity index (χ4v) is 5.89. The lowest BCUT2D eigenvalue weighted by atomic mass is 9.89. The van der Waals surface area contributed by atoms with Crippen LogP contribution in [0.4, 0.5) is 71.1 Å². The van der Waals surface area contributed by atoms with Gasteiger partial charge in [-0.15, -0.1) is 0 Å². The first kappa shape index (κ1) is 79.4. The first-order valence-corrected chi connectivity index (χ1v) is 18.8. The van der Waals surface area contributed by atoms with E-state index in [1.807, 2.05) is 0 Å². The van der Waals surface area contributed by atoms with Crippen molar-refractivity contribution in [3.05, 3.63) is 0 Å². The zero-order valence-electron chi connectivity index (χ0n) is 33.7. The number of alkyl halides is 14. The Morgan fingerprint density at radius 2 is 0.913 bits per heavy atom. The lowest BCUT2D eigenvalue weighted by Gasteiger charge is -2.35. The summed E-state index contributed by atoms with van der Waals surface area (Å²) in [5.41, 5.74) is 9.36. The summed E-state index contributed by atoms with van der Waals surface area (Å²) in [4.78, 5) is 39.8. The van der Waals surface area contributed by atoms with Gasteiger partial charge in [-0.1, -0.05) is 44.6 Å². The Hall–Kier alpha value is -3.70. The molecule has 1 saturated heterocycles. The molecule has 4 aliphatic carbocycles. The molecule has 0 aromatic carbocycles. The van der Waals surface area contributed by atoms with E-state index in [9.17, 15) is 76.2 Å². The van der Waals surface area contributed by atoms with E-state index in [2.05, 4.69) is 15.4 Å². The van der Waals surface area contributed by atoms with Crippen molar-refractivity contribution in [2.75, 3.05) is 0 Å².